The first-order valence-corrected chi connectivity index (χ1v) is 18.6. The molecule has 0 radical (unpaired) electrons. The van der Waals surface area contributed by atoms with Crippen LogP contribution in [0.5, 0.6) is 0 Å². The number of hydrogen-bond donors (Lipinski definition) is 0. The van der Waals surface area contributed by atoms with Gasteiger partial charge in [-0.25, -0.2) is 0 Å². The predicted octanol–water partition coefficient (Wildman–Crippen LogP) is 13.1. The van der Waals surface area contributed by atoms with Gasteiger partial charge in [0.2, 0.25) is 0 Å². The maximum absolute atomic E-state index is 2.51. The quantitative estimate of drug-likeness (QED) is 0.163. The molecular weight excluding hydrogens is 613 g/mol. The fourth-order valence-electron chi connectivity index (χ4n) is 10.3. The molecule has 11 rings (SSSR count). The van der Waals surface area contributed by atoms with E-state index in [1.165, 1.54) is 126 Å². The number of fused-ring (bicyclic) bond motifs is 3. The minimum absolute atomic E-state index is 0.128. The van der Waals surface area contributed by atoms with E-state index < -0.39 is 0 Å². The van der Waals surface area contributed by atoms with Gasteiger partial charge in [-0.3, -0.25) is 0 Å². The van der Waals surface area contributed by atoms with E-state index >= 15 is 0 Å². The van der Waals surface area contributed by atoms with Crippen LogP contribution in [0.3, 0.4) is 0 Å². The average molecular weight is 653 g/mol. The summed E-state index contributed by atoms with van der Waals surface area (Å²) >= 11 is 0. The molecule has 2 aliphatic rings. The first-order chi connectivity index (χ1) is 24.7. The van der Waals surface area contributed by atoms with Gasteiger partial charge in [-0.15, -0.1) is 0 Å². The van der Waals surface area contributed by atoms with Crippen LogP contribution in [0.4, 0.5) is 0 Å². The second-order valence-corrected chi connectivity index (χ2v) is 16.4. The van der Waals surface area contributed by atoms with E-state index in [1.54, 1.807) is 0 Å². The molecule has 9 aromatic carbocycles. The van der Waals surface area contributed by atoms with Crippen LogP contribution in [0, 0.1) is 26.7 Å². The highest BCUT2D eigenvalue weighted by atomic mass is 14.4. The Morgan fingerprint density at radius 2 is 1.02 bits per heavy atom. The zero-order chi connectivity index (χ0) is 34.5. The van der Waals surface area contributed by atoms with Crippen LogP contribution >= 0.6 is 0 Å². The van der Waals surface area contributed by atoms with E-state index in [0.717, 1.165) is 6.42 Å². The van der Waals surface area contributed by atoms with E-state index in [4.69, 9.17) is 0 Å². The third kappa shape index (κ3) is 3.86. The van der Waals surface area contributed by atoms with Crippen molar-refractivity contribution in [2.75, 3.05) is 0 Å². The van der Waals surface area contributed by atoms with E-state index in [0.29, 0.717) is 5.92 Å². The standard InChI is InChI=1S/C51H40/c1-27-19-33-9-13-37-29(3)23-43(41-17-11-35(21-27)47(33)49(37)41)31-7-15-39-40-16-8-32(26-46(40)51(5,6)45(39)25-31)44-24-30(4)38-14-10-34-20-28(2)22-36-12-18-42(44)50(38)48(34)36/h7-19,21-26,28H,20H2,1-6H3. The Morgan fingerprint density at radius 3 is 1.63 bits per heavy atom. The smallest absolute Gasteiger partial charge is 0.0159 e. The van der Waals surface area contributed by atoms with Gasteiger partial charge in [0.1, 0.15) is 0 Å². The molecule has 1 unspecified atom stereocenters. The lowest BCUT2D eigenvalue weighted by atomic mass is 9.79. The lowest BCUT2D eigenvalue weighted by Gasteiger charge is -2.24. The molecule has 0 amide bonds. The summed E-state index contributed by atoms with van der Waals surface area (Å²) in [7, 11) is 0. The Hall–Kier alpha value is -5.46. The van der Waals surface area contributed by atoms with Crippen LogP contribution in [0.15, 0.2) is 109 Å². The maximum atomic E-state index is 2.51. The van der Waals surface area contributed by atoms with Crippen molar-refractivity contribution in [1.82, 2.24) is 0 Å². The fraction of sp³-hybridized carbons (Fsp3) is 0.176. The molecular formula is C51H40. The fourth-order valence-corrected chi connectivity index (χ4v) is 10.3. The van der Waals surface area contributed by atoms with E-state index in [1.807, 2.05) is 0 Å². The predicted molar refractivity (Wildman–Crippen MR) is 220 cm³/mol. The second-order valence-electron chi connectivity index (χ2n) is 16.4. The van der Waals surface area contributed by atoms with Gasteiger partial charge in [-0.2, -0.15) is 0 Å². The molecule has 0 N–H and O–H groups in total. The van der Waals surface area contributed by atoms with Gasteiger partial charge in [-0.05, 0) is 171 Å². The summed E-state index contributed by atoms with van der Waals surface area (Å²) < 4.78 is 0. The van der Waals surface area contributed by atoms with Gasteiger partial charge in [0.05, 0.1) is 0 Å². The van der Waals surface area contributed by atoms with Crippen molar-refractivity contribution in [3.8, 4) is 33.4 Å². The lowest BCUT2D eigenvalue weighted by Crippen LogP contribution is -2.15. The summed E-state index contributed by atoms with van der Waals surface area (Å²) in [5.41, 5.74) is 16.2. The van der Waals surface area contributed by atoms with Crippen molar-refractivity contribution in [1.29, 1.82) is 0 Å². The van der Waals surface area contributed by atoms with Crippen LogP contribution in [0.1, 0.15) is 54.2 Å². The second kappa shape index (κ2) is 9.86. The topological polar surface area (TPSA) is 0 Å². The Balaban J connectivity index is 1.08. The summed E-state index contributed by atoms with van der Waals surface area (Å²) in [6, 6.07) is 42.9. The van der Waals surface area contributed by atoms with Crippen molar-refractivity contribution in [3.05, 3.63) is 148 Å². The molecule has 0 fully saturated rings. The van der Waals surface area contributed by atoms with Crippen LogP contribution < -0.4 is 5.22 Å². The largest absolute Gasteiger partial charge is 0.0735 e. The summed E-state index contributed by atoms with van der Waals surface area (Å²) in [4.78, 5) is 0. The van der Waals surface area contributed by atoms with Crippen molar-refractivity contribution in [2.45, 2.75) is 53.4 Å². The van der Waals surface area contributed by atoms with Gasteiger partial charge in [0, 0.05) is 5.41 Å². The molecule has 9 aromatic rings. The van der Waals surface area contributed by atoms with Crippen molar-refractivity contribution < 1.29 is 0 Å². The lowest BCUT2D eigenvalue weighted by molar-refractivity contribution is 0.661. The molecule has 0 heteroatoms. The molecule has 0 aliphatic heterocycles. The van der Waals surface area contributed by atoms with Crippen LogP contribution in [-0.4, -0.2) is 0 Å². The van der Waals surface area contributed by atoms with Gasteiger partial charge in [0.25, 0.3) is 0 Å². The SMILES string of the molecule is Cc1cc2ccc3c(C)cc(-c4ccc5c(c4)C(C)(C)c4cc(-c6cc(C)c7ccc8c9c(ccc6c79)=CC(C)C8)ccc4-5)c4ccc(c1)c2c34. The molecule has 0 saturated heterocycles. The van der Waals surface area contributed by atoms with E-state index in [2.05, 4.69) is 157 Å². The molecule has 2 aliphatic carbocycles. The van der Waals surface area contributed by atoms with Gasteiger partial charge >= 0.3 is 0 Å². The summed E-state index contributed by atoms with van der Waals surface area (Å²) in [5.74, 6) is 0.573. The number of aryl methyl sites for hydroxylation is 3. The molecule has 1 atom stereocenters. The Kier molecular flexibility index (Phi) is 5.66. The van der Waals surface area contributed by atoms with E-state index in [9.17, 15) is 0 Å². The molecule has 0 nitrogen and oxygen atoms in total. The third-order valence-corrected chi connectivity index (χ3v) is 12.7. The first kappa shape index (κ1) is 29.3. The number of rotatable bonds is 2. The molecule has 0 spiro atoms. The summed E-state index contributed by atoms with van der Waals surface area (Å²) in [6.45, 7) is 14.0. The number of hydrogen-bond acceptors (Lipinski definition) is 0. The Labute approximate surface area is 299 Å². The van der Waals surface area contributed by atoms with Crippen LogP contribution in [-0.2, 0) is 11.8 Å². The molecule has 244 valence electrons. The van der Waals surface area contributed by atoms with Gasteiger partial charge in [-0.1, -0.05) is 124 Å². The zero-order valence-corrected chi connectivity index (χ0v) is 30.3. The van der Waals surface area contributed by atoms with Crippen molar-refractivity contribution in [3.63, 3.8) is 0 Å². The molecule has 0 bridgehead atoms. The maximum Gasteiger partial charge on any atom is 0.0159 e. The Bertz CT molecular complexity index is 3040. The Morgan fingerprint density at radius 1 is 0.490 bits per heavy atom. The highest BCUT2D eigenvalue weighted by Gasteiger charge is 2.36. The van der Waals surface area contributed by atoms with Crippen molar-refractivity contribution >= 4 is 59.9 Å². The van der Waals surface area contributed by atoms with E-state index in [-0.39, 0.29) is 5.41 Å². The number of benzene rings is 9. The monoisotopic (exact) mass is 652 g/mol. The molecule has 51 heavy (non-hydrogen) atoms. The van der Waals surface area contributed by atoms with Gasteiger partial charge < -0.3 is 0 Å². The summed E-state index contributed by atoms with van der Waals surface area (Å²) in [6.07, 6.45) is 3.59. The first-order valence-electron chi connectivity index (χ1n) is 18.6. The average Bonchev–Trinajstić information content (AvgIpc) is 3.34. The van der Waals surface area contributed by atoms with Crippen LogP contribution in [0.2, 0.25) is 0 Å². The third-order valence-electron chi connectivity index (χ3n) is 12.7. The molecule has 0 aromatic heterocycles. The minimum atomic E-state index is -0.128. The molecule has 0 saturated carbocycles. The van der Waals surface area contributed by atoms with Crippen molar-refractivity contribution in [2.24, 2.45) is 5.92 Å². The highest BCUT2D eigenvalue weighted by molar-refractivity contribution is 6.26. The zero-order valence-electron chi connectivity index (χ0n) is 30.3. The molecule has 0 heterocycles. The van der Waals surface area contributed by atoms with Crippen LogP contribution in [0.25, 0.3) is 93.3 Å². The summed E-state index contributed by atoms with van der Waals surface area (Å²) in [5, 5.41) is 15.2. The minimum Gasteiger partial charge on any atom is -0.0735 e. The van der Waals surface area contributed by atoms with Gasteiger partial charge in [0.15, 0.2) is 0 Å². The highest BCUT2D eigenvalue weighted by Crippen LogP contribution is 2.52. The normalized spacial score (nSPS) is 16.1.